The van der Waals surface area contributed by atoms with Gasteiger partial charge in [0.25, 0.3) is 0 Å². The van der Waals surface area contributed by atoms with E-state index < -0.39 is 0 Å². The highest BCUT2D eigenvalue weighted by molar-refractivity contribution is 7.71. The molecule has 98 valence electrons. The van der Waals surface area contributed by atoms with Gasteiger partial charge in [0.1, 0.15) is 0 Å². The van der Waals surface area contributed by atoms with E-state index in [0.29, 0.717) is 4.77 Å². The van der Waals surface area contributed by atoms with Gasteiger partial charge in [-0.25, -0.2) is 4.98 Å². The van der Waals surface area contributed by atoms with Gasteiger partial charge in [-0.2, -0.15) is 0 Å². The average molecular weight is 278 g/mol. The summed E-state index contributed by atoms with van der Waals surface area (Å²) >= 11 is 5.15. The van der Waals surface area contributed by atoms with Gasteiger partial charge in [0.15, 0.2) is 4.77 Å². The summed E-state index contributed by atoms with van der Waals surface area (Å²) < 4.78 is 0.513. The van der Waals surface area contributed by atoms with E-state index in [9.17, 15) is 0 Å². The Hall–Kier alpha value is -2.26. The topological polar surface area (TPSA) is 28.7 Å². The van der Waals surface area contributed by atoms with Gasteiger partial charge in [0.2, 0.25) is 0 Å². The first-order valence-electron chi connectivity index (χ1n) is 6.50. The van der Waals surface area contributed by atoms with Crippen LogP contribution in [0.4, 0.5) is 0 Å². The first-order valence-corrected chi connectivity index (χ1v) is 6.90. The molecule has 3 aromatic rings. The summed E-state index contributed by atoms with van der Waals surface area (Å²) in [6.45, 7) is 0. The van der Waals surface area contributed by atoms with Crippen molar-refractivity contribution in [2.75, 3.05) is 0 Å². The van der Waals surface area contributed by atoms with E-state index in [1.807, 2.05) is 18.2 Å². The number of nitrogens with zero attached hydrogens (tertiary/aromatic N) is 1. The van der Waals surface area contributed by atoms with Crippen LogP contribution in [0.15, 0.2) is 72.9 Å². The molecule has 0 aliphatic carbocycles. The maximum atomic E-state index is 5.15. The molecule has 0 bridgehead atoms. The largest absolute Gasteiger partial charge is 0.334 e. The van der Waals surface area contributed by atoms with E-state index in [0.717, 1.165) is 5.69 Å². The van der Waals surface area contributed by atoms with Gasteiger partial charge >= 0.3 is 0 Å². The number of benzene rings is 2. The van der Waals surface area contributed by atoms with Gasteiger partial charge in [0.05, 0.1) is 0 Å². The number of hydrogen-bond acceptors (Lipinski definition) is 2. The first-order chi connectivity index (χ1) is 9.84. The summed E-state index contributed by atoms with van der Waals surface area (Å²) in [5.41, 5.74) is 3.52. The molecule has 0 radical (unpaired) electrons. The predicted octanol–water partition coefficient (Wildman–Crippen LogP) is 4.32. The molecular weight excluding hydrogens is 264 g/mol. The van der Waals surface area contributed by atoms with Crippen LogP contribution in [0.25, 0.3) is 0 Å². The van der Waals surface area contributed by atoms with Crippen molar-refractivity contribution in [3.8, 4) is 0 Å². The normalized spacial score (nSPS) is 10.7. The van der Waals surface area contributed by atoms with Crippen LogP contribution < -0.4 is 0 Å². The molecular formula is C17H14N2S. The summed E-state index contributed by atoms with van der Waals surface area (Å²) in [5, 5.41) is 0. The molecule has 0 amide bonds. The van der Waals surface area contributed by atoms with Gasteiger partial charge in [-0.3, -0.25) is 0 Å². The van der Waals surface area contributed by atoms with Crippen molar-refractivity contribution in [3.05, 3.63) is 94.5 Å². The fraction of sp³-hybridized carbons (Fsp3) is 0.0588. The number of aromatic nitrogens is 2. The summed E-state index contributed by atoms with van der Waals surface area (Å²) in [6, 6.07) is 22.8. The molecule has 1 heterocycles. The van der Waals surface area contributed by atoms with Gasteiger partial charge < -0.3 is 4.98 Å². The van der Waals surface area contributed by atoms with Gasteiger partial charge in [-0.1, -0.05) is 60.7 Å². The molecule has 1 aromatic heterocycles. The van der Waals surface area contributed by atoms with Crippen LogP contribution >= 0.6 is 12.2 Å². The Bertz CT molecular complexity index is 696. The molecule has 0 spiro atoms. The SMILES string of the molecule is S=c1nccc(C(c2ccccc2)c2ccccc2)[nH]1. The van der Waals surface area contributed by atoms with Crippen LogP contribution in [-0.2, 0) is 0 Å². The van der Waals surface area contributed by atoms with Crippen LogP contribution in [0.1, 0.15) is 22.7 Å². The second kappa shape index (κ2) is 5.80. The minimum absolute atomic E-state index is 0.141. The Morgan fingerprint density at radius 2 is 1.35 bits per heavy atom. The van der Waals surface area contributed by atoms with E-state index in [1.54, 1.807) is 6.20 Å². The van der Waals surface area contributed by atoms with Gasteiger partial charge in [-0.15, -0.1) is 0 Å². The van der Waals surface area contributed by atoms with E-state index in [-0.39, 0.29) is 5.92 Å². The molecule has 0 saturated heterocycles. The molecule has 1 N–H and O–H groups in total. The molecule has 0 atom stereocenters. The summed E-state index contributed by atoms with van der Waals surface area (Å²) in [7, 11) is 0. The lowest BCUT2D eigenvalue weighted by atomic mass is 9.88. The standard InChI is InChI=1S/C17H14N2S/c20-17-18-12-11-15(19-17)16(13-7-3-1-4-8-13)14-9-5-2-6-10-14/h1-12,16H,(H,18,19,20). The molecule has 3 heteroatoms. The maximum absolute atomic E-state index is 5.15. The Kier molecular flexibility index (Phi) is 3.70. The van der Waals surface area contributed by atoms with E-state index in [4.69, 9.17) is 12.2 Å². The molecule has 0 saturated carbocycles. The highest BCUT2D eigenvalue weighted by Crippen LogP contribution is 2.29. The van der Waals surface area contributed by atoms with Crippen molar-refractivity contribution in [2.45, 2.75) is 5.92 Å². The zero-order chi connectivity index (χ0) is 13.8. The predicted molar refractivity (Wildman–Crippen MR) is 83.3 cm³/mol. The quantitative estimate of drug-likeness (QED) is 0.723. The van der Waals surface area contributed by atoms with Crippen LogP contribution in [0, 0.1) is 4.77 Å². The zero-order valence-electron chi connectivity index (χ0n) is 10.9. The van der Waals surface area contributed by atoms with Crippen LogP contribution in [0.2, 0.25) is 0 Å². The Morgan fingerprint density at radius 3 is 1.85 bits per heavy atom. The van der Waals surface area contributed by atoms with Crippen LogP contribution in [0.3, 0.4) is 0 Å². The highest BCUT2D eigenvalue weighted by atomic mass is 32.1. The molecule has 2 nitrogen and oxygen atoms in total. The molecule has 0 aliphatic rings. The maximum Gasteiger partial charge on any atom is 0.196 e. The van der Waals surface area contributed by atoms with Crippen molar-refractivity contribution in [1.29, 1.82) is 0 Å². The Morgan fingerprint density at radius 1 is 0.800 bits per heavy atom. The number of rotatable bonds is 3. The van der Waals surface area contributed by atoms with Gasteiger partial charge in [-0.05, 0) is 29.4 Å². The van der Waals surface area contributed by atoms with Crippen molar-refractivity contribution in [1.82, 2.24) is 9.97 Å². The molecule has 0 unspecified atom stereocenters. The van der Waals surface area contributed by atoms with Crippen LogP contribution in [-0.4, -0.2) is 9.97 Å². The molecule has 2 aromatic carbocycles. The Balaban J connectivity index is 2.16. The monoisotopic (exact) mass is 278 g/mol. The third-order valence-corrected chi connectivity index (χ3v) is 3.48. The second-order valence-electron chi connectivity index (χ2n) is 4.58. The molecule has 0 fully saturated rings. The third-order valence-electron chi connectivity index (χ3n) is 3.27. The van der Waals surface area contributed by atoms with E-state index >= 15 is 0 Å². The minimum atomic E-state index is 0.141. The summed E-state index contributed by atoms with van der Waals surface area (Å²) in [4.78, 5) is 7.28. The molecule has 20 heavy (non-hydrogen) atoms. The zero-order valence-corrected chi connectivity index (χ0v) is 11.7. The smallest absolute Gasteiger partial charge is 0.196 e. The number of hydrogen-bond donors (Lipinski definition) is 1. The summed E-state index contributed by atoms with van der Waals surface area (Å²) in [6.07, 6.45) is 1.76. The molecule has 0 aliphatic heterocycles. The highest BCUT2D eigenvalue weighted by Gasteiger charge is 2.16. The lowest BCUT2D eigenvalue weighted by Gasteiger charge is -2.18. The second-order valence-corrected chi connectivity index (χ2v) is 4.97. The lowest BCUT2D eigenvalue weighted by molar-refractivity contribution is 0.895. The number of aromatic amines is 1. The third kappa shape index (κ3) is 2.68. The fourth-order valence-corrected chi connectivity index (χ4v) is 2.57. The summed E-state index contributed by atoms with van der Waals surface area (Å²) in [5.74, 6) is 0.141. The van der Waals surface area contributed by atoms with Crippen molar-refractivity contribution >= 4 is 12.2 Å². The van der Waals surface area contributed by atoms with Gasteiger partial charge in [0, 0.05) is 17.8 Å². The van der Waals surface area contributed by atoms with E-state index in [2.05, 4.69) is 58.5 Å². The van der Waals surface area contributed by atoms with Crippen molar-refractivity contribution in [2.24, 2.45) is 0 Å². The minimum Gasteiger partial charge on any atom is -0.334 e. The average Bonchev–Trinajstić information content (AvgIpc) is 2.50. The Labute approximate surface area is 123 Å². The van der Waals surface area contributed by atoms with Crippen LogP contribution in [0.5, 0.6) is 0 Å². The fourth-order valence-electron chi connectivity index (χ4n) is 2.39. The first kappa shape index (κ1) is 12.8. The lowest BCUT2D eigenvalue weighted by Crippen LogP contribution is -2.06. The van der Waals surface area contributed by atoms with E-state index in [1.165, 1.54) is 11.1 Å². The number of nitrogens with one attached hydrogen (secondary N) is 1. The van der Waals surface area contributed by atoms with Crippen molar-refractivity contribution in [3.63, 3.8) is 0 Å². The van der Waals surface area contributed by atoms with Crippen molar-refractivity contribution < 1.29 is 0 Å². The molecule has 3 rings (SSSR count). The number of H-pyrrole nitrogens is 1.